The van der Waals surface area contributed by atoms with Crippen molar-refractivity contribution >= 4 is 22.9 Å². The number of benzene rings is 1. The average Bonchev–Trinajstić information content (AvgIpc) is 2.49. The molecule has 13 heavy (non-hydrogen) atoms. The summed E-state index contributed by atoms with van der Waals surface area (Å²) < 4.78 is 17.9. The van der Waals surface area contributed by atoms with Crippen LogP contribution in [0.4, 0.5) is 10.3 Å². The Morgan fingerprint density at radius 1 is 1.46 bits per heavy atom. The lowest BCUT2D eigenvalue weighted by atomic mass is 10.2. The maximum atomic E-state index is 13.0. The van der Waals surface area contributed by atoms with Crippen LogP contribution in [0.15, 0.2) is 33.7 Å². The van der Waals surface area contributed by atoms with Crippen molar-refractivity contribution in [3.8, 4) is 0 Å². The zero-order valence-corrected chi connectivity index (χ0v) is 6.45. The van der Waals surface area contributed by atoms with Crippen LogP contribution in [0.2, 0.25) is 0 Å². The van der Waals surface area contributed by atoms with Gasteiger partial charge in [-0.05, 0) is 6.07 Å². The van der Waals surface area contributed by atoms with Crippen LogP contribution in [0.3, 0.4) is 0 Å². The third-order valence-corrected chi connectivity index (χ3v) is 1.64. The molecule has 0 unspecified atom stereocenters. The Hall–Kier alpha value is -1.93. The molecule has 0 fully saturated rings. The maximum absolute atomic E-state index is 13.0. The Morgan fingerprint density at radius 3 is 3.00 bits per heavy atom. The first-order valence-electron chi connectivity index (χ1n) is 3.57. The Balaban J connectivity index is 2.75. The summed E-state index contributed by atoms with van der Waals surface area (Å²) >= 11 is 0. The molecule has 0 radical (unpaired) electrons. The molecule has 0 aliphatic heterocycles. The van der Waals surface area contributed by atoms with Crippen LogP contribution in [0.25, 0.3) is 11.0 Å². The van der Waals surface area contributed by atoms with Crippen LogP contribution >= 0.6 is 0 Å². The van der Waals surface area contributed by atoms with Gasteiger partial charge in [-0.25, -0.2) is 9.18 Å². The molecule has 0 bridgehead atoms. The van der Waals surface area contributed by atoms with Crippen molar-refractivity contribution in [2.45, 2.75) is 0 Å². The van der Waals surface area contributed by atoms with Crippen molar-refractivity contribution in [3.05, 3.63) is 30.1 Å². The molecule has 0 aliphatic carbocycles. The number of carbonyl (C=O) groups excluding carboxylic acids is 1. The number of hydrogen-bond acceptors (Lipinski definition) is 3. The summed E-state index contributed by atoms with van der Waals surface area (Å²) in [5.41, 5.74) is 0.108. The first-order valence-corrected chi connectivity index (χ1v) is 3.57. The monoisotopic (exact) mass is 177 g/mol. The minimum Gasteiger partial charge on any atom is -0.435 e. The van der Waals surface area contributed by atoms with E-state index in [0.29, 0.717) is 5.39 Å². The van der Waals surface area contributed by atoms with E-state index in [0.717, 1.165) is 0 Å². The summed E-state index contributed by atoms with van der Waals surface area (Å²) in [6.45, 7) is 0. The molecule has 0 aliphatic rings. The van der Waals surface area contributed by atoms with Gasteiger partial charge in [-0.1, -0.05) is 12.1 Å². The molecule has 2 aromatic rings. The van der Waals surface area contributed by atoms with E-state index in [-0.39, 0.29) is 11.5 Å². The molecular weight excluding hydrogens is 173 g/mol. The molecule has 0 saturated carbocycles. The fourth-order valence-corrected chi connectivity index (χ4v) is 1.11. The van der Waals surface area contributed by atoms with E-state index in [1.807, 2.05) is 0 Å². The molecule has 1 aromatic carbocycles. The summed E-state index contributed by atoms with van der Waals surface area (Å²) in [6.07, 6.45) is 1.32. The predicted octanol–water partition coefficient (Wildman–Crippen LogP) is 2.54. The van der Waals surface area contributed by atoms with E-state index in [2.05, 4.69) is 4.99 Å². The van der Waals surface area contributed by atoms with Gasteiger partial charge in [0, 0.05) is 11.5 Å². The number of isocyanates is 1. The number of furan rings is 1. The lowest BCUT2D eigenvalue weighted by Gasteiger charge is -1.87. The number of aliphatic imine (C=N–C) groups is 1. The molecule has 0 spiro atoms. The quantitative estimate of drug-likeness (QED) is 0.496. The van der Waals surface area contributed by atoms with E-state index >= 15 is 0 Å². The summed E-state index contributed by atoms with van der Waals surface area (Å²) in [7, 11) is 0. The van der Waals surface area contributed by atoms with Crippen LogP contribution in [-0.2, 0) is 4.79 Å². The molecule has 1 aromatic heterocycles. The van der Waals surface area contributed by atoms with Gasteiger partial charge in [-0.2, -0.15) is 0 Å². The highest BCUT2D eigenvalue weighted by atomic mass is 19.1. The van der Waals surface area contributed by atoms with Gasteiger partial charge >= 0.3 is 0 Å². The second kappa shape index (κ2) is 2.84. The summed E-state index contributed by atoms with van der Waals surface area (Å²) in [4.78, 5) is 13.1. The number of para-hydroxylation sites is 1. The Morgan fingerprint density at radius 2 is 2.31 bits per heavy atom. The predicted molar refractivity (Wildman–Crippen MR) is 44.0 cm³/mol. The topological polar surface area (TPSA) is 42.6 Å². The van der Waals surface area contributed by atoms with E-state index < -0.39 is 5.82 Å². The molecule has 3 nitrogen and oxygen atoms in total. The molecule has 4 heteroatoms. The highest BCUT2D eigenvalue weighted by Gasteiger charge is 2.06. The first-order chi connectivity index (χ1) is 6.31. The molecule has 2 rings (SSSR count). The number of rotatable bonds is 1. The van der Waals surface area contributed by atoms with Crippen molar-refractivity contribution in [3.63, 3.8) is 0 Å². The molecule has 0 saturated heterocycles. The van der Waals surface area contributed by atoms with Crippen LogP contribution in [0.5, 0.6) is 0 Å². The Labute approximate surface area is 72.5 Å². The fourth-order valence-electron chi connectivity index (χ4n) is 1.11. The fraction of sp³-hybridized carbons (Fsp3) is 0. The highest BCUT2D eigenvalue weighted by molar-refractivity contribution is 5.81. The molecule has 0 atom stereocenters. The number of hydrogen-bond donors (Lipinski definition) is 0. The lowest BCUT2D eigenvalue weighted by molar-refractivity contribution is 0.553. The van der Waals surface area contributed by atoms with Crippen LogP contribution in [0, 0.1) is 5.82 Å². The number of nitrogens with zero attached hydrogens (tertiary/aromatic N) is 1. The number of halogens is 1. The largest absolute Gasteiger partial charge is 0.435 e. The van der Waals surface area contributed by atoms with Gasteiger partial charge in [0.15, 0.2) is 11.4 Å². The van der Waals surface area contributed by atoms with Gasteiger partial charge in [0.05, 0.1) is 0 Å². The summed E-state index contributed by atoms with van der Waals surface area (Å²) in [5.74, 6) is -0.403. The Bertz CT molecular complexity index is 497. The van der Waals surface area contributed by atoms with Gasteiger partial charge in [0.25, 0.3) is 0 Å². The molecule has 0 N–H and O–H groups in total. The smallest absolute Gasteiger partial charge is 0.243 e. The minimum atomic E-state index is -0.468. The highest BCUT2D eigenvalue weighted by Crippen LogP contribution is 2.26. The van der Waals surface area contributed by atoms with Crippen molar-refractivity contribution in [2.75, 3.05) is 0 Å². The zero-order chi connectivity index (χ0) is 9.26. The summed E-state index contributed by atoms with van der Waals surface area (Å²) in [6, 6.07) is 5.98. The maximum Gasteiger partial charge on any atom is 0.243 e. The third-order valence-electron chi connectivity index (χ3n) is 1.64. The van der Waals surface area contributed by atoms with Crippen LogP contribution in [0.1, 0.15) is 0 Å². The zero-order valence-electron chi connectivity index (χ0n) is 6.45. The Kier molecular flexibility index (Phi) is 1.69. The van der Waals surface area contributed by atoms with E-state index in [1.165, 1.54) is 18.2 Å². The third kappa shape index (κ3) is 1.23. The summed E-state index contributed by atoms with van der Waals surface area (Å²) in [5, 5.41) is 0.578. The molecular formula is C9H4FNO2. The lowest BCUT2D eigenvalue weighted by Crippen LogP contribution is -1.70. The van der Waals surface area contributed by atoms with Gasteiger partial charge < -0.3 is 4.42 Å². The van der Waals surface area contributed by atoms with E-state index in [4.69, 9.17) is 4.42 Å². The van der Waals surface area contributed by atoms with Gasteiger partial charge in [0.1, 0.15) is 0 Å². The average molecular weight is 177 g/mol. The molecule has 1 heterocycles. The van der Waals surface area contributed by atoms with Gasteiger partial charge in [-0.15, -0.1) is 4.99 Å². The SMILES string of the molecule is O=C=Nc1cc2cccc(F)c2o1. The van der Waals surface area contributed by atoms with Crippen molar-refractivity contribution in [2.24, 2.45) is 4.99 Å². The van der Waals surface area contributed by atoms with Gasteiger partial charge in [0.2, 0.25) is 12.0 Å². The van der Waals surface area contributed by atoms with Crippen LogP contribution < -0.4 is 0 Å². The first kappa shape index (κ1) is 7.71. The number of fused-ring (bicyclic) bond motifs is 1. The second-order valence-electron chi connectivity index (χ2n) is 2.45. The van der Waals surface area contributed by atoms with E-state index in [1.54, 1.807) is 12.1 Å². The standard InChI is InChI=1S/C9H4FNO2/c10-7-3-1-2-6-4-8(11-5-12)13-9(6)7/h1-4H. The van der Waals surface area contributed by atoms with Crippen molar-refractivity contribution < 1.29 is 13.6 Å². The molecule has 64 valence electrons. The molecule has 0 amide bonds. The minimum absolute atomic E-state index is 0.0649. The van der Waals surface area contributed by atoms with Gasteiger partial charge in [-0.3, -0.25) is 0 Å². The van der Waals surface area contributed by atoms with Crippen molar-refractivity contribution in [1.82, 2.24) is 0 Å². The van der Waals surface area contributed by atoms with Crippen molar-refractivity contribution in [1.29, 1.82) is 0 Å². The van der Waals surface area contributed by atoms with Crippen LogP contribution in [-0.4, -0.2) is 6.08 Å². The normalized spacial score (nSPS) is 9.92. The van der Waals surface area contributed by atoms with E-state index in [9.17, 15) is 9.18 Å². The second-order valence-corrected chi connectivity index (χ2v) is 2.45.